The summed E-state index contributed by atoms with van der Waals surface area (Å²) in [4.78, 5) is 23.2. The van der Waals surface area contributed by atoms with Gasteiger partial charge in [0.05, 0.1) is 0 Å². The van der Waals surface area contributed by atoms with E-state index in [2.05, 4.69) is 6.58 Å². The molecule has 126 valence electrons. The van der Waals surface area contributed by atoms with E-state index >= 15 is 0 Å². The lowest BCUT2D eigenvalue weighted by molar-refractivity contribution is -0.143. The molecule has 0 aliphatic rings. The number of hydrogen-bond acceptors (Lipinski definition) is 5. The highest BCUT2D eigenvalue weighted by Crippen LogP contribution is 2.22. The Morgan fingerprint density at radius 1 is 1.22 bits per heavy atom. The summed E-state index contributed by atoms with van der Waals surface area (Å²) in [5.41, 5.74) is 0.565. The minimum atomic E-state index is -0.744. The van der Waals surface area contributed by atoms with Gasteiger partial charge in [-0.2, -0.15) is 0 Å². The van der Waals surface area contributed by atoms with Crippen LogP contribution in [0.4, 0.5) is 4.79 Å². The van der Waals surface area contributed by atoms with E-state index in [0.29, 0.717) is 17.7 Å². The highest BCUT2D eigenvalue weighted by Gasteiger charge is 2.22. The summed E-state index contributed by atoms with van der Waals surface area (Å²) in [6, 6.07) is 6.70. The zero-order valence-electron chi connectivity index (χ0n) is 14.3. The minimum Gasteiger partial charge on any atom is -0.454 e. The number of benzene rings is 1. The summed E-state index contributed by atoms with van der Waals surface area (Å²) in [5, 5.41) is 0. The number of carbonyl (C=O) groups excluding carboxylic acids is 2. The van der Waals surface area contributed by atoms with Crippen LogP contribution < -0.4 is 4.74 Å². The maximum absolute atomic E-state index is 11.7. The van der Waals surface area contributed by atoms with Crippen molar-refractivity contribution >= 4 is 12.1 Å². The first-order chi connectivity index (χ1) is 10.6. The molecule has 0 amide bonds. The van der Waals surface area contributed by atoms with Gasteiger partial charge in [0, 0.05) is 5.57 Å². The first-order valence-electron chi connectivity index (χ1n) is 7.52. The molecule has 1 unspecified atom stereocenters. The number of rotatable bonds is 6. The molecular formula is C18H24O5. The van der Waals surface area contributed by atoms with E-state index in [1.54, 1.807) is 38.1 Å². The molecule has 0 aromatic heterocycles. The minimum absolute atomic E-state index is 0.345. The van der Waals surface area contributed by atoms with Crippen molar-refractivity contribution in [2.24, 2.45) is 0 Å². The molecule has 0 fully saturated rings. The normalized spacial score (nSPS) is 12.2. The van der Waals surface area contributed by atoms with Gasteiger partial charge < -0.3 is 14.2 Å². The third-order valence-electron chi connectivity index (χ3n) is 3.39. The largest absolute Gasteiger partial charge is 0.514 e. The van der Waals surface area contributed by atoms with Crippen molar-refractivity contribution in [3.05, 3.63) is 42.0 Å². The van der Waals surface area contributed by atoms with E-state index in [-0.39, 0.29) is 0 Å². The topological polar surface area (TPSA) is 61.8 Å². The molecule has 0 saturated carbocycles. The fourth-order valence-corrected chi connectivity index (χ4v) is 1.55. The predicted molar refractivity (Wildman–Crippen MR) is 87.2 cm³/mol. The molecule has 0 bridgehead atoms. The van der Waals surface area contributed by atoms with Crippen LogP contribution in [-0.2, 0) is 14.3 Å². The lowest BCUT2D eigenvalue weighted by atomic mass is 10.1. The lowest BCUT2D eigenvalue weighted by Gasteiger charge is -2.22. The van der Waals surface area contributed by atoms with Crippen molar-refractivity contribution in [2.75, 3.05) is 0 Å². The second kappa shape index (κ2) is 7.81. The second-order valence-corrected chi connectivity index (χ2v) is 5.96. The first-order valence-corrected chi connectivity index (χ1v) is 7.52. The molecule has 1 aromatic rings. The fraction of sp³-hybridized carbons (Fsp3) is 0.444. The van der Waals surface area contributed by atoms with E-state index in [1.807, 2.05) is 20.8 Å². The van der Waals surface area contributed by atoms with Crippen LogP contribution in [0.1, 0.15) is 52.7 Å². The molecule has 1 aromatic carbocycles. The molecule has 0 saturated heterocycles. The maximum atomic E-state index is 11.7. The third-order valence-corrected chi connectivity index (χ3v) is 3.39. The highest BCUT2D eigenvalue weighted by molar-refractivity contribution is 5.87. The van der Waals surface area contributed by atoms with Crippen LogP contribution in [0.5, 0.6) is 5.75 Å². The van der Waals surface area contributed by atoms with E-state index in [0.717, 1.165) is 5.56 Å². The Hall–Kier alpha value is -2.30. The Labute approximate surface area is 137 Å². The van der Waals surface area contributed by atoms with Crippen molar-refractivity contribution < 1.29 is 23.8 Å². The molecule has 5 heteroatoms. The Morgan fingerprint density at radius 2 is 1.78 bits per heavy atom. The molecule has 0 aliphatic heterocycles. The fourth-order valence-electron chi connectivity index (χ4n) is 1.55. The van der Waals surface area contributed by atoms with E-state index in [1.165, 1.54) is 0 Å². The van der Waals surface area contributed by atoms with Crippen molar-refractivity contribution in [3.8, 4) is 5.75 Å². The van der Waals surface area contributed by atoms with Gasteiger partial charge in [0.25, 0.3) is 0 Å². The van der Waals surface area contributed by atoms with E-state index in [9.17, 15) is 9.59 Å². The molecule has 1 rings (SSSR count). The number of hydrogen-bond donors (Lipinski definition) is 0. The summed E-state index contributed by atoms with van der Waals surface area (Å²) in [5.74, 6) is -0.0766. The molecule has 23 heavy (non-hydrogen) atoms. The van der Waals surface area contributed by atoms with Gasteiger partial charge in [0.2, 0.25) is 0 Å². The zero-order valence-corrected chi connectivity index (χ0v) is 14.3. The van der Waals surface area contributed by atoms with E-state index < -0.39 is 23.8 Å². The van der Waals surface area contributed by atoms with Gasteiger partial charge in [-0.3, -0.25) is 0 Å². The third kappa shape index (κ3) is 6.14. The summed E-state index contributed by atoms with van der Waals surface area (Å²) in [6.45, 7) is 12.4. The van der Waals surface area contributed by atoms with Crippen molar-refractivity contribution in [2.45, 2.75) is 52.7 Å². The van der Waals surface area contributed by atoms with Gasteiger partial charge in [-0.15, -0.1) is 0 Å². The van der Waals surface area contributed by atoms with Crippen molar-refractivity contribution in [3.63, 3.8) is 0 Å². The maximum Gasteiger partial charge on any atom is 0.514 e. The van der Waals surface area contributed by atoms with Crippen LogP contribution >= 0.6 is 0 Å². The van der Waals surface area contributed by atoms with E-state index in [4.69, 9.17) is 14.2 Å². The zero-order chi connectivity index (χ0) is 17.6. The number of carbonyl (C=O) groups is 2. The van der Waals surface area contributed by atoms with Crippen LogP contribution in [0.3, 0.4) is 0 Å². The summed E-state index contributed by atoms with van der Waals surface area (Å²) in [7, 11) is 0. The monoisotopic (exact) mass is 320 g/mol. The van der Waals surface area contributed by atoms with Crippen LogP contribution in [0.25, 0.3) is 0 Å². The molecule has 0 aliphatic carbocycles. The smallest absolute Gasteiger partial charge is 0.454 e. The molecule has 1 atom stereocenters. The van der Waals surface area contributed by atoms with Gasteiger partial charge in [-0.05, 0) is 51.8 Å². The van der Waals surface area contributed by atoms with Gasteiger partial charge in [-0.1, -0.05) is 25.6 Å². The molecule has 0 heterocycles. The Morgan fingerprint density at radius 3 is 2.26 bits per heavy atom. The lowest BCUT2D eigenvalue weighted by Crippen LogP contribution is -2.28. The second-order valence-electron chi connectivity index (χ2n) is 5.96. The van der Waals surface area contributed by atoms with Crippen LogP contribution in [-0.4, -0.2) is 17.7 Å². The van der Waals surface area contributed by atoms with Crippen LogP contribution in [0, 0.1) is 0 Å². The van der Waals surface area contributed by atoms with Crippen LogP contribution in [0.15, 0.2) is 36.4 Å². The average Bonchev–Trinajstić information content (AvgIpc) is 2.47. The molecule has 0 radical (unpaired) electrons. The predicted octanol–water partition coefficient (Wildman–Crippen LogP) is 4.57. The molecule has 0 spiro atoms. The number of ether oxygens (including phenoxy) is 3. The average molecular weight is 320 g/mol. The Kier molecular flexibility index (Phi) is 6.37. The van der Waals surface area contributed by atoms with Gasteiger partial charge in [0.1, 0.15) is 17.5 Å². The SMILES string of the molecule is C=C(C)C(=O)OC(C)c1ccc(OC(=O)OC(C)(C)CC)cc1. The van der Waals surface area contributed by atoms with Gasteiger partial charge in [-0.25, -0.2) is 9.59 Å². The number of esters is 1. The molecule has 0 N–H and O–H groups in total. The van der Waals surface area contributed by atoms with Crippen molar-refractivity contribution in [1.82, 2.24) is 0 Å². The molecular weight excluding hydrogens is 296 g/mol. The first kappa shape index (κ1) is 18.7. The highest BCUT2D eigenvalue weighted by atomic mass is 16.7. The quantitative estimate of drug-likeness (QED) is 0.436. The Balaban J connectivity index is 2.64. The summed E-state index contributed by atoms with van der Waals surface area (Å²) < 4.78 is 15.6. The summed E-state index contributed by atoms with van der Waals surface area (Å²) in [6.07, 6.45) is -0.474. The van der Waals surface area contributed by atoms with Crippen LogP contribution in [0.2, 0.25) is 0 Å². The van der Waals surface area contributed by atoms with Gasteiger partial charge in [0.15, 0.2) is 0 Å². The molecule has 5 nitrogen and oxygen atoms in total. The standard InChI is InChI=1S/C18H24O5/c1-7-18(5,6)23-17(20)22-15-10-8-14(9-11-15)13(4)21-16(19)12(2)3/h8-11,13H,2,7H2,1,3-6H3. The van der Waals surface area contributed by atoms with Gasteiger partial charge >= 0.3 is 12.1 Å². The Bertz CT molecular complexity index is 572. The van der Waals surface area contributed by atoms with Crippen molar-refractivity contribution in [1.29, 1.82) is 0 Å². The summed E-state index contributed by atoms with van der Waals surface area (Å²) >= 11 is 0.